The van der Waals surface area contributed by atoms with Gasteiger partial charge in [0.05, 0.1) is 23.3 Å². The minimum Gasteiger partial charge on any atom is -0.444 e. The molecule has 0 atom stereocenters. The molecule has 3 aromatic rings. The minimum atomic E-state index is -0.540. The highest BCUT2D eigenvalue weighted by Crippen LogP contribution is 2.24. The van der Waals surface area contributed by atoms with Gasteiger partial charge in [0.2, 0.25) is 5.95 Å². The molecule has 0 saturated heterocycles. The zero-order valence-electron chi connectivity index (χ0n) is 17.5. The Bertz CT molecular complexity index is 1040. The lowest BCUT2D eigenvalue weighted by atomic mass is 10.1. The third-order valence-electron chi connectivity index (χ3n) is 4.02. The molecule has 3 rings (SSSR count). The number of benzene rings is 1. The minimum absolute atomic E-state index is 0.280. The van der Waals surface area contributed by atoms with Crippen LogP contribution in [0.2, 0.25) is 0 Å². The second-order valence-electron chi connectivity index (χ2n) is 7.70. The van der Waals surface area contributed by atoms with E-state index in [1.807, 2.05) is 58.0 Å². The standard InChI is InChI=1S/C21H26N6O3/c1-5-22-19(28)27-18-25-16-9-7-13(10-17(16)26-18)14-6-8-15(23-11-14)12-24-20(29)30-21(2,3)4/h6-11H,5,12H2,1-4H3,(H,24,29)(H3,22,25,26,27,28). The van der Waals surface area contributed by atoms with Crippen molar-refractivity contribution in [3.8, 4) is 11.1 Å². The van der Waals surface area contributed by atoms with Crippen LogP contribution in [0.3, 0.4) is 0 Å². The molecule has 0 unspecified atom stereocenters. The largest absolute Gasteiger partial charge is 0.444 e. The van der Waals surface area contributed by atoms with Crippen LogP contribution in [-0.2, 0) is 11.3 Å². The van der Waals surface area contributed by atoms with Gasteiger partial charge in [-0.05, 0) is 51.5 Å². The van der Waals surface area contributed by atoms with Gasteiger partial charge in [0, 0.05) is 18.3 Å². The normalized spacial score (nSPS) is 11.2. The number of pyridine rings is 1. The number of alkyl carbamates (subject to hydrolysis) is 1. The number of carbonyl (C=O) groups is 2. The van der Waals surface area contributed by atoms with Crippen LogP contribution in [0.25, 0.3) is 22.2 Å². The molecule has 0 bridgehead atoms. The van der Waals surface area contributed by atoms with Crippen molar-refractivity contribution in [3.05, 3.63) is 42.2 Å². The van der Waals surface area contributed by atoms with Crippen molar-refractivity contribution in [2.45, 2.75) is 39.8 Å². The van der Waals surface area contributed by atoms with Crippen molar-refractivity contribution < 1.29 is 14.3 Å². The summed E-state index contributed by atoms with van der Waals surface area (Å²) in [7, 11) is 0. The Morgan fingerprint density at radius 1 is 1.10 bits per heavy atom. The first-order valence-electron chi connectivity index (χ1n) is 9.70. The molecule has 9 heteroatoms. The Morgan fingerprint density at radius 2 is 1.87 bits per heavy atom. The van der Waals surface area contributed by atoms with E-state index in [0.29, 0.717) is 12.5 Å². The van der Waals surface area contributed by atoms with Crippen LogP contribution in [0.15, 0.2) is 36.5 Å². The van der Waals surface area contributed by atoms with Crippen LogP contribution < -0.4 is 16.0 Å². The molecule has 0 saturated carbocycles. The fraction of sp³-hybridized carbons (Fsp3) is 0.333. The summed E-state index contributed by atoms with van der Waals surface area (Å²) in [4.78, 5) is 35.3. The number of aromatic nitrogens is 3. The second-order valence-corrected chi connectivity index (χ2v) is 7.70. The molecule has 3 amide bonds. The van der Waals surface area contributed by atoms with Crippen LogP contribution in [0.1, 0.15) is 33.4 Å². The molecular formula is C21H26N6O3. The molecule has 0 radical (unpaired) electrons. The number of nitrogens with one attached hydrogen (secondary N) is 4. The maximum absolute atomic E-state index is 11.7. The van der Waals surface area contributed by atoms with Gasteiger partial charge in [-0.3, -0.25) is 10.3 Å². The number of aromatic amines is 1. The smallest absolute Gasteiger partial charge is 0.407 e. The topological polar surface area (TPSA) is 121 Å². The quantitative estimate of drug-likeness (QED) is 0.510. The van der Waals surface area contributed by atoms with Crippen molar-refractivity contribution in [1.82, 2.24) is 25.6 Å². The number of fused-ring (bicyclic) bond motifs is 1. The van der Waals surface area contributed by atoms with E-state index in [2.05, 4.69) is 30.9 Å². The van der Waals surface area contributed by atoms with Gasteiger partial charge >= 0.3 is 12.1 Å². The van der Waals surface area contributed by atoms with Crippen molar-refractivity contribution in [1.29, 1.82) is 0 Å². The maximum Gasteiger partial charge on any atom is 0.407 e. The van der Waals surface area contributed by atoms with Crippen LogP contribution in [0.5, 0.6) is 0 Å². The molecular weight excluding hydrogens is 384 g/mol. The first-order chi connectivity index (χ1) is 14.2. The molecule has 158 valence electrons. The van der Waals surface area contributed by atoms with Crippen molar-refractivity contribution >= 4 is 29.1 Å². The fourth-order valence-corrected chi connectivity index (χ4v) is 2.73. The predicted octanol–water partition coefficient (Wildman–Crippen LogP) is 3.79. The highest BCUT2D eigenvalue weighted by atomic mass is 16.6. The molecule has 0 fully saturated rings. The fourth-order valence-electron chi connectivity index (χ4n) is 2.73. The number of nitrogens with zero attached hydrogens (tertiary/aromatic N) is 2. The van der Waals surface area contributed by atoms with Crippen LogP contribution in [0.4, 0.5) is 15.5 Å². The number of hydrogen-bond donors (Lipinski definition) is 4. The summed E-state index contributed by atoms with van der Waals surface area (Å²) in [5.74, 6) is 0.384. The first kappa shape index (κ1) is 21.1. The SMILES string of the molecule is CCNC(=O)Nc1nc2cc(-c3ccc(CNC(=O)OC(C)(C)C)nc3)ccc2[nH]1. The summed E-state index contributed by atoms with van der Waals surface area (Å²) in [6, 6.07) is 9.25. The molecule has 0 spiro atoms. The molecule has 4 N–H and O–H groups in total. The van der Waals surface area contributed by atoms with Crippen molar-refractivity contribution in [3.63, 3.8) is 0 Å². The zero-order valence-corrected chi connectivity index (χ0v) is 17.5. The number of urea groups is 1. The Hall–Kier alpha value is -3.62. The first-order valence-corrected chi connectivity index (χ1v) is 9.70. The Kier molecular flexibility index (Phi) is 6.20. The van der Waals surface area contributed by atoms with E-state index in [-0.39, 0.29) is 12.6 Å². The van der Waals surface area contributed by atoms with E-state index in [9.17, 15) is 9.59 Å². The van der Waals surface area contributed by atoms with Crippen LogP contribution in [-0.4, -0.2) is 39.2 Å². The summed E-state index contributed by atoms with van der Waals surface area (Å²) < 4.78 is 5.22. The predicted molar refractivity (Wildman–Crippen MR) is 115 cm³/mol. The molecule has 0 aliphatic heterocycles. The lowest BCUT2D eigenvalue weighted by Gasteiger charge is -2.19. The molecule has 0 aliphatic carbocycles. The summed E-state index contributed by atoms with van der Waals surface area (Å²) >= 11 is 0. The molecule has 2 aromatic heterocycles. The molecule has 30 heavy (non-hydrogen) atoms. The van der Waals surface area contributed by atoms with Crippen LogP contribution in [0, 0.1) is 0 Å². The van der Waals surface area contributed by atoms with Gasteiger partial charge < -0.3 is 20.4 Å². The maximum atomic E-state index is 11.7. The average molecular weight is 410 g/mol. The monoisotopic (exact) mass is 410 g/mol. The van der Waals surface area contributed by atoms with E-state index in [4.69, 9.17) is 4.74 Å². The number of carbonyl (C=O) groups excluding carboxylic acids is 2. The zero-order chi connectivity index (χ0) is 21.7. The molecule has 9 nitrogen and oxygen atoms in total. The highest BCUT2D eigenvalue weighted by Gasteiger charge is 2.15. The van der Waals surface area contributed by atoms with Gasteiger partial charge in [-0.1, -0.05) is 12.1 Å². The molecule has 2 heterocycles. The number of anilines is 1. The Morgan fingerprint density at radius 3 is 2.53 bits per heavy atom. The Balaban J connectivity index is 1.67. The molecule has 0 aliphatic rings. The van der Waals surface area contributed by atoms with E-state index in [1.165, 1.54) is 0 Å². The van der Waals surface area contributed by atoms with Gasteiger partial charge in [-0.15, -0.1) is 0 Å². The lowest BCUT2D eigenvalue weighted by molar-refractivity contribution is 0.0523. The van der Waals surface area contributed by atoms with E-state index >= 15 is 0 Å². The van der Waals surface area contributed by atoms with Gasteiger partial charge in [-0.25, -0.2) is 14.6 Å². The van der Waals surface area contributed by atoms with Crippen molar-refractivity contribution in [2.75, 3.05) is 11.9 Å². The summed E-state index contributed by atoms with van der Waals surface area (Å²) in [6.45, 7) is 8.10. The number of rotatable bonds is 5. The number of amides is 3. The lowest BCUT2D eigenvalue weighted by Crippen LogP contribution is -2.32. The van der Waals surface area contributed by atoms with E-state index < -0.39 is 11.7 Å². The summed E-state index contributed by atoms with van der Waals surface area (Å²) in [5.41, 5.74) is 3.59. The Labute approximate surface area is 174 Å². The highest BCUT2D eigenvalue weighted by molar-refractivity contribution is 5.90. The van der Waals surface area contributed by atoms with E-state index in [1.54, 1.807) is 6.20 Å². The summed E-state index contributed by atoms with van der Waals surface area (Å²) in [5, 5.41) is 8.01. The van der Waals surface area contributed by atoms with Gasteiger partial charge in [0.1, 0.15) is 5.60 Å². The number of ether oxygens (including phenoxy) is 1. The third-order valence-corrected chi connectivity index (χ3v) is 4.02. The number of imidazole rings is 1. The average Bonchev–Trinajstić information content (AvgIpc) is 3.07. The second kappa shape index (κ2) is 8.81. The van der Waals surface area contributed by atoms with Gasteiger partial charge in [0.25, 0.3) is 0 Å². The van der Waals surface area contributed by atoms with Crippen molar-refractivity contribution in [2.24, 2.45) is 0 Å². The van der Waals surface area contributed by atoms with Crippen LogP contribution >= 0.6 is 0 Å². The van der Waals surface area contributed by atoms with Gasteiger partial charge in [-0.2, -0.15) is 0 Å². The third kappa shape index (κ3) is 5.69. The van der Waals surface area contributed by atoms with E-state index in [0.717, 1.165) is 27.9 Å². The number of H-pyrrole nitrogens is 1. The summed E-state index contributed by atoms with van der Waals surface area (Å²) in [6.07, 6.45) is 1.27. The van der Waals surface area contributed by atoms with Gasteiger partial charge in [0.15, 0.2) is 0 Å². The molecule has 1 aromatic carbocycles. The number of hydrogen-bond acceptors (Lipinski definition) is 5.